The van der Waals surface area contributed by atoms with Crippen molar-refractivity contribution in [1.29, 1.82) is 0 Å². The van der Waals surface area contributed by atoms with Gasteiger partial charge in [0.15, 0.2) is 5.78 Å². The van der Waals surface area contributed by atoms with E-state index in [2.05, 4.69) is 22.0 Å². The summed E-state index contributed by atoms with van der Waals surface area (Å²) in [5.74, 6) is 0.150. The molecule has 0 aliphatic carbocycles. The second kappa shape index (κ2) is 5.49. The van der Waals surface area contributed by atoms with Crippen LogP contribution in [0.1, 0.15) is 21.5 Å². The predicted octanol–water partition coefficient (Wildman–Crippen LogP) is 4.90. The van der Waals surface area contributed by atoms with Crippen LogP contribution in [0.3, 0.4) is 0 Å². The molecule has 0 saturated heterocycles. The molecule has 3 rings (SSSR count). The van der Waals surface area contributed by atoms with Gasteiger partial charge in [0, 0.05) is 27.1 Å². The number of ketones is 1. The summed E-state index contributed by atoms with van der Waals surface area (Å²) < 4.78 is 3.06. The maximum absolute atomic E-state index is 12.6. The van der Waals surface area contributed by atoms with Crippen LogP contribution < -0.4 is 0 Å². The van der Waals surface area contributed by atoms with Gasteiger partial charge in [0.1, 0.15) is 0 Å². The van der Waals surface area contributed by atoms with E-state index in [0.29, 0.717) is 6.54 Å². The van der Waals surface area contributed by atoms with E-state index in [4.69, 9.17) is 0 Å². The molecule has 1 heterocycles. The van der Waals surface area contributed by atoms with Gasteiger partial charge in [-0.25, -0.2) is 0 Å². The van der Waals surface area contributed by atoms with Crippen molar-refractivity contribution in [3.63, 3.8) is 0 Å². The Morgan fingerprint density at radius 1 is 1.10 bits per heavy atom. The first-order chi connectivity index (χ1) is 10.0. The van der Waals surface area contributed by atoms with Gasteiger partial charge in [-0.2, -0.15) is 0 Å². The molecule has 0 aliphatic rings. The Bertz CT molecular complexity index is 832. The summed E-state index contributed by atoms with van der Waals surface area (Å²) in [6, 6.07) is 14.2. The van der Waals surface area contributed by atoms with Crippen LogP contribution in [0.25, 0.3) is 10.9 Å². The number of nitrogens with zero attached hydrogens (tertiary/aromatic N) is 1. The van der Waals surface area contributed by atoms with E-state index < -0.39 is 0 Å². The minimum absolute atomic E-state index is 0.150. The lowest BCUT2D eigenvalue weighted by atomic mass is 10.0. The minimum atomic E-state index is 0.150. The Kier molecular flexibility index (Phi) is 3.68. The zero-order valence-electron chi connectivity index (χ0n) is 12.1. The van der Waals surface area contributed by atoms with Crippen molar-refractivity contribution >= 4 is 32.6 Å². The van der Waals surface area contributed by atoms with Crippen molar-refractivity contribution in [3.8, 4) is 0 Å². The molecule has 0 unspecified atom stereocenters. The molecule has 0 bridgehead atoms. The van der Waals surface area contributed by atoms with Crippen LogP contribution in [0.2, 0.25) is 0 Å². The van der Waals surface area contributed by atoms with E-state index in [1.54, 1.807) is 0 Å². The molecule has 3 aromatic rings. The highest BCUT2D eigenvalue weighted by atomic mass is 79.9. The number of rotatable bonds is 3. The monoisotopic (exact) mass is 341 g/mol. The lowest BCUT2D eigenvalue weighted by Gasteiger charge is -2.08. The topological polar surface area (TPSA) is 22.0 Å². The summed E-state index contributed by atoms with van der Waals surface area (Å²) in [4.78, 5) is 12.6. The van der Waals surface area contributed by atoms with Crippen molar-refractivity contribution in [2.75, 3.05) is 0 Å². The molecule has 0 fully saturated rings. The van der Waals surface area contributed by atoms with Crippen LogP contribution in [0.4, 0.5) is 0 Å². The lowest BCUT2D eigenvalue weighted by molar-refractivity contribution is 0.0973. The van der Waals surface area contributed by atoms with Gasteiger partial charge in [0.2, 0.25) is 0 Å². The number of benzene rings is 2. The third-order valence-corrected chi connectivity index (χ3v) is 4.23. The van der Waals surface area contributed by atoms with E-state index in [9.17, 15) is 4.79 Å². The van der Waals surface area contributed by atoms with Gasteiger partial charge in [-0.05, 0) is 49.7 Å². The summed E-state index contributed by atoms with van der Waals surface area (Å²) in [7, 11) is 0. The average Bonchev–Trinajstić information content (AvgIpc) is 2.83. The van der Waals surface area contributed by atoms with E-state index in [0.717, 1.165) is 32.1 Å². The number of carbonyl (C=O) groups is 1. The zero-order chi connectivity index (χ0) is 15.0. The SMILES string of the molecule is Cc1ccc(C)c(C(=O)Cn2ccc3cc(Br)ccc32)c1. The number of hydrogen-bond acceptors (Lipinski definition) is 1. The third kappa shape index (κ3) is 2.79. The standard InChI is InChI=1S/C18H16BrNO/c1-12-3-4-13(2)16(9-12)18(21)11-20-8-7-14-10-15(19)5-6-17(14)20/h3-10H,11H2,1-2H3. The van der Waals surface area contributed by atoms with Crippen LogP contribution in [0.5, 0.6) is 0 Å². The average molecular weight is 342 g/mol. The van der Waals surface area contributed by atoms with Crippen molar-refractivity contribution in [3.05, 3.63) is 69.8 Å². The molecule has 106 valence electrons. The largest absolute Gasteiger partial charge is 0.340 e. The van der Waals surface area contributed by atoms with Crippen molar-refractivity contribution in [2.45, 2.75) is 20.4 Å². The predicted molar refractivity (Wildman–Crippen MR) is 89.9 cm³/mol. The summed E-state index contributed by atoms with van der Waals surface area (Å²) in [5.41, 5.74) is 4.04. The van der Waals surface area contributed by atoms with E-state index >= 15 is 0 Å². The molecule has 0 spiro atoms. The molecule has 0 radical (unpaired) electrons. The molecule has 1 aromatic heterocycles. The van der Waals surface area contributed by atoms with Crippen LogP contribution in [-0.4, -0.2) is 10.4 Å². The molecule has 0 atom stereocenters. The minimum Gasteiger partial charge on any atom is -0.340 e. The second-order valence-corrected chi connectivity index (χ2v) is 6.30. The fourth-order valence-electron chi connectivity index (χ4n) is 2.59. The van der Waals surface area contributed by atoms with Gasteiger partial charge in [0.05, 0.1) is 6.54 Å². The van der Waals surface area contributed by atoms with E-state index in [1.165, 1.54) is 0 Å². The second-order valence-electron chi connectivity index (χ2n) is 5.39. The van der Waals surface area contributed by atoms with Gasteiger partial charge >= 0.3 is 0 Å². The maximum atomic E-state index is 12.6. The summed E-state index contributed by atoms with van der Waals surface area (Å²) in [6.45, 7) is 4.37. The molecule has 0 amide bonds. The Morgan fingerprint density at radius 3 is 2.71 bits per heavy atom. The smallest absolute Gasteiger partial charge is 0.182 e. The van der Waals surface area contributed by atoms with Crippen LogP contribution in [0, 0.1) is 13.8 Å². The number of hydrogen-bond donors (Lipinski definition) is 0. The Morgan fingerprint density at radius 2 is 1.90 bits per heavy atom. The van der Waals surface area contributed by atoms with E-state index in [-0.39, 0.29) is 5.78 Å². The van der Waals surface area contributed by atoms with E-state index in [1.807, 2.05) is 61.0 Å². The zero-order valence-corrected chi connectivity index (χ0v) is 13.6. The molecule has 2 nitrogen and oxygen atoms in total. The van der Waals surface area contributed by atoms with Crippen LogP contribution in [-0.2, 0) is 6.54 Å². The van der Waals surface area contributed by atoms with Gasteiger partial charge in [-0.15, -0.1) is 0 Å². The number of aryl methyl sites for hydroxylation is 2. The first-order valence-electron chi connectivity index (χ1n) is 6.89. The Labute approximate surface area is 132 Å². The van der Waals surface area contributed by atoms with Gasteiger partial charge in [-0.1, -0.05) is 33.6 Å². The number of Topliss-reactive ketones (excluding diaryl/α,β-unsaturated/α-hetero) is 1. The number of halogens is 1. The highest BCUT2D eigenvalue weighted by Crippen LogP contribution is 2.21. The van der Waals surface area contributed by atoms with Crippen molar-refractivity contribution in [1.82, 2.24) is 4.57 Å². The quantitative estimate of drug-likeness (QED) is 0.620. The molecule has 21 heavy (non-hydrogen) atoms. The van der Waals surface area contributed by atoms with Gasteiger partial charge in [0.25, 0.3) is 0 Å². The molecule has 3 heteroatoms. The third-order valence-electron chi connectivity index (χ3n) is 3.74. The summed E-state index contributed by atoms with van der Waals surface area (Å²) in [5, 5.41) is 1.14. The number of carbonyl (C=O) groups excluding carboxylic acids is 1. The lowest BCUT2D eigenvalue weighted by Crippen LogP contribution is -2.11. The maximum Gasteiger partial charge on any atom is 0.182 e. The molecule has 0 N–H and O–H groups in total. The fraction of sp³-hybridized carbons (Fsp3) is 0.167. The van der Waals surface area contributed by atoms with Crippen LogP contribution in [0.15, 0.2) is 53.1 Å². The first kappa shape index (κ1) is 14.1. The highest BCUT2D eigenvalue weighted by molar-refractivity contribution is 9.10. The molecular formula is C18H16BrNO. The molecule has 2 aromatic carbocycles. The summed E-state index contributed by atoms with van der Waals surface area (Å²) >= 11 is 3.47. The molecule has 0 aliphatic heterocycles. The van der Waals surface area contributed by atoms with Gasteiger partial charge < -0.3 is 4.57 Å². The molecule has 0 saturated carbocycles. The molecular weight excluding hydrogens is 326 g/mol. The number of fused-ring (bicyclic) bond motifs is 1. The fourth-order valence-corrected chi connectivity index (χ4v) is 2.96. The number of aromatic nitrogens is 1. The Balaban J connectivity index is 1.95. The highest BCUT2D eigenvalue weighted by Gasteiger charge is 2.11. The van der Waals surface area contributed by atoms with Crippen molar-refractivity contribution < 1.29 is 4.79 Å². The first-order valence-corrected chi connectivity index (χ1v) is 7.69. The Hall–Kier alpha value is -1.87. The normalized spacial score (nSPS) is 11.0. The van der Waals surface area contributed by atoms with Crippen LogP contribution >= 0.6 is 15.9 Å². The van der Waals surface area contributed by atoms with Crippen molar-refractivity contribution in [2.24, 2.45) is 0 Å². The van der Waals surface area contributed by atoms with Gasteiger partial charge in [-0.3, -0.25) is 4.79 Å². The summed E-state index contributed by atoms with van der Waals surface area (Å²) in [6.07, 6.45) is 1.97.